The molecule has 1 heterocycles. The fourth-order valence-electron chi connectivity index (χ4n) is 2.78. The van der Waals surface area contributed by atoms with E-state index < -0.39 is 10.0 Å². The molecular weight excluding hydrogens is 350 g/mol. The highest BCUT2D eigenvalue weighted by Gasteiger charge is 2.11. The summed E-state index contributed by atoms with van der Waals surface area (Å²) in [5.41, 5.74) is 4.51. The summed E-state index contributed by atoms with van der Waals surface area (Å²) < 4.78 is 24.8. The lowest BCUT2D eigenvalue weighted by atomic mass is 10.2. The highest BCUT2D eigenvalue weighted by molar-refractivity contribution is 7.89. The highest BCUT2D eigenvalue weighted by Crippen LogP contribution is 2.22. The Balaban J connectivity index is 1.94. The summed E-state index contributed by atoms with van der Waals surface area (Å²) in [6, 6.07) is 15.1. The Morgan fingerprint density at radius 2 is 1.65 bits per heavy atom. The van der Waals surface area contributed by atoms with Gasteiger partial charge in [-0.25, -0.2) is 13.6 Å². The lowest BCUT2D eigenvalue weighted by Crippen LogP contribution is -2.12. The van der Waals surface area contributed by atoms with Gasteiger partial charge in [0.1, 0.15) is 5.75 Å². The van der Waals surface area contributed by atoms with Crippen LogP contribution in [0.4, 0.5) is 5.69 Å². The Kier molecular flexibility index (Phi) is 4.67. The Labute approximate surface area is 152 Å². The van der Waals surface area contributed by atoms with E-state index in [0.29, 0.717) is 0 Å². The minimum absolute atomic E-state index is 0.0813. The number of rotatable bonds is 4. The van der Waals surface area contributed by atoms with Crippen molar-refractivity contribution in [3.05, 3.63) is 71.5 Å². The van der Waals surface area contributed by atoms with Crippen molar-refractivity contribution in [2.75, 3.05) is 0 Å². The standard InChI is InChI=1S/C19H19N3O3S/c1-13-11-15(12-21-16-3-7-18(23)8-4-16)14(2)22(13)17-5-9-19(10-6-17)26(20,24)25/h3-12,23H,1-2H3,(H2,20,24,25). The minimum atomic E-state index is -3.71. The molecule has 0 atom stereocenters. The van der Waals surface area contributed by atoms with Gasteiger partial charge < -0.3 is 9.67 Å². The van der Waals surface area contributed by atoms with Gasteiger partial charge >= 0.3 is 0 Å². The van der Waals surface area contributed by atoms with Gasteiger partial charge in [-0.05, 0) is 68.4 Å². The third kappa shape index (κ3) is 3.68. The molecule has 2 aromatic carbocycles. The molecule has 0 spiro atoms. The zero-order valence-corrected chi connectivity index (χ0v) is 15.2. The predicted octanol–water partition coefficient (Wildman–Crippen LogP) is 3.20. The van der Waals surface area contributed by atoms with E-state index in [1.54, 1.807) is 42.6 Å². The van der Waals surface area contributed by atoms with E-state index in [4.69, 9.17) is 5.14 Å². The quantitative estimate of drug-likeness (QED) is 0.691. The first-order valence-electron chi connectivity index (χ1n) is 7.91. The van der Waals surface area contributed by atoms with Crippen LogP contribution >= 0.6 is 0 Å². The van der Waals surface area contributed by atoms with E-state index >= 15 is 0 Å². The van der Waals surface area contributed by atoms with Gasteiger partial charge in [0, 0.05) is 28.9 Å². The molecule has 0 aliphatic heterocycles. The number of hydrogen-bond donors (Lipinski definition) is 2. The Hall–Kier alpha value is -2.90. The number of aliphatic imine (C=N–C) groups is 1. The molecule has 134 valence electrons. The highest BCUT2D eigenvalue weighted by atomic mass is 32.2. The van der Waals surface area contributed by atoms with Crippen molar-refractivity contribution in [3.8, 4) is 11.4 Å². The fourth-order valence-corrected chi connectivity index (χ4v) is 3.30. The molecule has 3 aromatic rings. The van der Waals surface area contributed by atoms with Crippen LogP contribution in [0.25, 0.3) is 5.69 Å². The van der Waals surface area contributed by atoms with Crippen LogP contribution in [-0.4, -0.2) is 24.3 Å². The van der Waals surface area contributed by atoms with E-state index in [-0.39, 0.29) is 10.6 Å². The molecule has 26 heavy (non-hydrogen) atoms. The average molecular weight is 369 g/mol. The Morgan fingerprint density at radius 3 is 2.23 bits per heavy atom. The summed E-state index contributed by atoms with van der Waals surface area (Å²) in [5.74, 6) is 0.199. The van der Waals surface area contributed by atoms with Crippen molar-refractivity contribution in [1.29, 1.82) is 0 Å². The van der Waals surface area contributed by atoms with E-state index in [0.717, 1.165) is 28.3 Å². The number of aryl methyl sites for hydroxylation is 1. The smallest absolute Gasteiger partial charge is 0.238 e. The van der Waals surface area contributed by atoms with Crippen LogP contribution in [0.15, 0.2) is 64.5 Å². The number of nitrogens with two attached hydrogens (primary N) is 1. The zero-order valence-electron chi connectivity index (χ0n) is 14.4. The van der Waals surface area contributed by atoms with E-state index in [2.05, 4.69) is 4.99 Å². The number of primary sulfonamides is 1. The number of hydrogen-bond acceptors (Lipinski definition) is 4. The van der Waals surface area contributed by atoms with Crippen LogP contribution in [0.1, 0.15) is 17.0 Å². The normalized spacial score (nSPS) is 12.0. The number of phenolic OH excluding ortho intramolecular Hbond substituents is 1. The summed E-state index contributed by atoms with van der Waals surface area (Å²) in [4.78, 5) is 4.51. The summed E-state index contributed by atoms with van der Waals surface area (Å²) in [5, 5.41) is 14.5. The topological polar surface area (TPSA) is 97.7 Å². The minimum Gasteiger partial charge on any atom is -0.508 e. The molecule has 0 aliphatic rings. The lowest BCUT2D eigenvalue weighted by Gasteiger charge is -2.10. The van der Waals surface area contributed by atoms with Crippen molar-refractivity contribution < 1.29 is 13.5 Å². The predicted molar refractivity (Wildman–Crippen MR) is 102 cm³/mol. The first-order chi connectivity index (χ1) is 12.3. The van der Waals surface area contributed by atoms with Crippen molar-refractivity contribution in [3.63, 3.8) is 0 Å². The summed E-state index contributed by atoms with van der Waals surface area (Å²) >= 11 is 0. The SMILES string of the molecule is Cc1cc(C=Nc2ccc(O)cc2)c(C)n1-c1ccc(S(N)(=O)=O)cc1. The molecule has 0 aliphatic carbocycles. The van der Waals surface area contributed by atoms with Gasteiger partial charge in [-0.3, -0.25) is 4.99 Å². The molecule has 0 saturated heterocycles. The van der Waals surface area contributed by atoms with Gasteiger partial charge in [0.2, 0.25) is 10.0 Å². The first kappa shape index (κ1) is 17.9. The van der Waals surface area contributed by atoms with Gasteiger partial charge in [-0.15, -0.1) is 0 Å². The van der Waals surface area contributed by atoms with Crippen LogP contribution in [-0.2, 0) is 10.0 Å². The summed E-state index contributed by atoms with van der Waals surface area (Å²) in [7, 11) is -3.71. The number of aromatic nitrogens is 1. The van der Waals surface area contributed by atoms with Crippen LogP contribution in [0.5, 0.6) is 5.75 Å². The van der Waals surface area contributed by atoms with Crippen LogP contribution in [0.2, 0.25) is 0 Å². The molecule has 7 heteroatoms. The summed E-state index contributed by atoms with van der Waals surface area (Å²) in [6.45, 7) is 3.94. The second-order valence-electron chi connectivity index (χ2n) is 5.98. The van der Waals surface area contributed by atoms with Crippen molar-refractivity contribution in [2.24, 2.45) is 10.1 Å². The van der Waals surface area contributed by atoms with Gasteiger partial charge in [0.25, 0.3) is 0 Å². The Morgan fingerprint density at radius 1 is 1.04 bits per heavy atom. The number of phenols is 1. The molecule has 0 amide bonds. The van der Waals surface area contributed by atoms with Crippen molar-refractivity contribution in [2.45, 2.75) is 18.7 Å². The van der Waals surface area contributed by atoms with Crippen molar-refractivity contribution in [1.82, 2.24) is 4.57 Å². The Bertz CT molecular complexity index is 1060. The molecule has 0 bridgehead atoms. The third-order valence-electron chi connectivity index (χ3n) is 4.10. The van der Waals surface area contributed by atoms with Crippen LogP contribution in [0, 0.1) is 13.8 Å². The monoisotopic (exact) mass is 369 g/mol. The molecule has 3 N–H and O–H groups in total. The van der Waals surface area contributed by atoms with Crippen LogP contribution < -0.4 is 5.14 Å². The maximum Gasteiger partial charge on any atom is 0.238 e. The van der Waals surface area contributed by atoms with E-state index in [9.17, 15) is 13.5 Å². The molecule has 1 aromatic heterocycles. The molecule has 6 nitrogen and oxygen atoms in total. The summed E-state index contributed by atoms with van der Waals surface area (Å²) in [6.07, 6.45) is 1.77. The van der Waals surface area contributed by atoms with Gasteiger partial charge in [0.15, 0.2) is 0 Å². The number of aromatic hydroxyl groups is 1. The van der Waals surface area contributed by atoms with Crippen LogP contribution in [0.3, 0.4) is 0 Å². The third-order valence-corrected chi connectivity index (χ3v) is 5.03. The lowest BCUT2D eigenvalue weighted by molar-refractivity contribution is 0.475. The maximum atomic E-state index is 11.4. The molecule has 3 rings (SSSR count). The molecular formula is C19H19N3O3S. The second kappa shape index (κ2) is 6.78. The largest absolute Gasteiger partial charge is 0.508 e. The first-order valence-corrected chi connectivity index (χ1v) is 9.45. The van der Waals surface area contributed by atoms with Crippen molar-refractivity contribution >= 4 is 21.9 Å². The fraction of sp³-hybridized carbons (Fsp3) is 0.105. The molecule has 0 saturated carbocycles. The molecule has 0 unspecified atom stereocenters. The second-order valence-corrected chi connectivity index (χ2v) is 7.54. The van der Waals surface area contributed by atoms with Gasteiger partial charge in [-0.2, -0.15) is 0 Å². The molecule has 0 fully saturated rings. The molecule has 0 radical (unpaired) electrons. The number of benzene rings is 2. The maximum absolute atomic E-state index is 11.4. The number of nitrogens with zero attached hydrogens (tertiary/aromatic N) is 2. The van der Waals surface area contributed by atoms with Gasteiger partial charge in [-0.1, -0.05) is 0 Å². The zero-order chi connectivity index (χ0) is 18.9. The van der Waals surface area contributed by atoms with E-state index in [1.807, 2.05) is 24.5 Å². The average Bonchev–Trinajstić information content (AvgIpc) is 2.87. The van der Waals surface area contributed by atoms with E-state index in [1.165, 1.54) is 12.1 Å². The van der Waals surface area contributed by atoms with Gasteiger partial charge in [0.05, 0.1) is 10.6 Å². The number of sulfonamides is 1.